The van der Waals surface area contributed by atoms with Crippen molar-refractivity contribution >= 4 is 5.97 Å². The lowest BCUT2D eigenvalue weighted by molar-refractivity contribution is -0.142. The molecule has 0 aliphatic rings. The SMILES string of the molecule is C=C/C=C\C=C/C(C)C(N)C(=O)OC. The van der Waals surface area contributed by atoms with Gasteiger partial charge in [0.15, 0.2) is 0 Å². The molecule has 78 valence electrons. The lowest BCUT2D eigenvalue weighted by Crippen LogP contribution is -2.36. The molecule has 0 heterocycles. The van der Waals surface area contributed by atoms with Crippen LogP contribution in [-0.2, 0) is 9.53 Å². The van der Waals surface area contributed by atoms with E-state index >= 15 is 0 Å². The quantitative estimate of drug-likeness (QED) is 0.533. The van der Waals surface area contributed by atoms with Crippen LogP contribution < -0.4 is 5.73 Å². The molecule has 14 heavy (non-hydrogen) atoms. The molecule has 0 aliphatic heterocycles. The van der Waals surface area contributed by atoms with Crippen molar-refractivity contribution in [2.45, 2.75) is 13.0 Å². The first-order valence-corrected chi connectivity index (χ1v) is 4.42. The Kier molecular flexibility index (Phi) is 6.41. The van der Waals surface area contributed by atoms with E-state index in [9.17, 15) is 4.79 Å². The lowest BCUT2D eigenvalue weighted by Gasteiger charge is -2.13. The minimum Gasteiger partial charge on any atom is -0.468 e. The summed E-state index contributed by atoms with van der Waals surface area (Å²) in [7, 11) is 1.33. The Hall–Kier alpha value is -1.35. The zero-order valence-electron chi connectivity index (χ0n) is 8.64. The number of hydrogen-bond donors (Lipinski definition) is 1. The highest BCUT2D eigenvalue weighted by atomic mass is 16.5. The van der Waals surface area contributed by atoms with Crippen molar-refractivity contribution in [1.82, 2.24) is 0 Å². The first kappa shape index (κ1) is 12.7. The highest BCUT2D eigenvalue weighted by molar-refractivity contribution is 5.75. The molecule has 0 fully saturated rings. The van der Waals surface area contributed by atoms with Gasteiger partial charge in [0, 0.05) is 5.92 Å². The van der Waals surface area contributed by atoms with Crippen LogP contribution in [0.4, 0.5) is 0 Å². The predicted octanol–water partition coefficient (Wildman–Crippen LogP) is 1.42. The zero-order chi connectivity index (χ0) is 11.0. The molecule has 0 radical (unpaired) electrons. The van der Waals surface area contributed by atoms with Gasteiger partial charge in [0.1, 0.15) is 6.04 Å². The Morgan fingerprint density at radius 2 is 2.07 bits per heavy atom. The van der Waals surface area contributed by atoms with Crippen molar-refractivity contribution in [3.8, 4) is 0 Å². The smallest absolute Gasteiger partial charge is 0.323 e. The van der Waals surface area contributed by atoms with E-state index < -0.39 is 12.0 Å². The van der Waals surface area contributed by atoms with Gasteiger partial charge in [0.05, 0.1) is 7.11 Å². The second-order valence-electron chi connectivity index (χ2n) is 2.91. The lowest BCUT2D eigenvalue weighted by atomic mass is 10.0. The number of esters is 1. The summed E-state index contributed by atoms with van der Waals surface area (Å²) in [6.45, 7) is 5.40. The Bertz CT molecular complexity index is 244. The normalized spacial score (nSPS) is 15.6. The molecule has 0 bridgehead atoms. The second-order valence-corrected chi connectivity index (χ2v) is 2.91. The van der Waals surface area contributed by atoms with E-state index in [0.717, 1.165) is 0 Å². The van der Waals surface area contributed by atoms with Crippen LogP contribution in [-0.4, -0.2) is 19.1 Å². The standard InChI is InChI=1S/C11H17NO2/c1-4-5-6-7-8-9(2)10(12)11(13)14-3/h4-10H,1,12H2,2-3H3/b6-5-,8-7-. The van der Waals surface area contributed by atoms with Crippen molar-refractivity contribution < 1.29 is 9.53 Å². The molecular formula is C11H17NO2. The van der Waals surface area contributed by atoms with E-state index in [1.807, 2.05) is 25.2 Å². The predicted molar refractivity (Wildman–Crippen MR) is 57.6 cm³/mol. The van der Waals surface area contributed by atoms with Gasteiger partial charge >= 0.3 is 5.97 Å². The molecule has 0 saturated heterocycles. The van der Waals surface area contributed by atoms with Gasteiger partial charge in [-0.25, -0.2) is 0 Å². The van der Waals surface area contributed by atoms with Crippen LogP contribution in [0.15, 0.2) is 37.0 Å². The van der Waals surface area contributed by atoms with Crippen molar-refractivity contribution in [2.75, 3.05) is 7.11 Å². The number of rotatable bonds is 5. The third-order valence-electron chi connectivity index (χ3n) is 1.81. The Morgan fingerprint density at radius 1 is 1.43 bits per heavy atom. The Morgan fingerprint density at radius 3 is 2.57 bits per heavy atom. The highest BCUT2D eigenvalue weighted by Crippen LogP contribution is 2.04. The zero-order valence-corrected chi connectivity index (χ0v) is 8.64. The fourth-order valence-corrected chi connectivity index (χ4v) is 0.853. The van der Waals surface area contributed by atoms with Crippen LogP contribution in [0.1, 0.15) is 6.92 Å². The van der Waals surface area contributed by atoms with Crippen molar-refractivity contribution in [2.24, 2.45) is 11.7 Å². The highest BCUT2D eigenvalue weighted by Gasteiger charge is 2.18. The number of allylic oxidation sites excluding steroid dienone is 4. The third-order valence-corrected chi connectivity index (χ3v) is 1.81. The summed E-state index contributed by atoms with van der Waals surface area (Å²) in [6, 6.07) is -0.603. The van der Waals surface area contributed by atoms with E-state index in [1.54, 1.807) is 12.2 Å². The number of carbonyl (C=O) groups excluding carboxylic acids is 1. The first-order chi connectivity index (χ1) is 6.63. The maximum Gasteiger partial charge on any atom is 0.323 e. The maximum atomic E-state index is 11.0. The molecule has 0 aromatic heterocycles. The van der Waals surface area contributed by atoms with Gasteiger partial charge in [-0.15, -0.1) is 0 Å². The fourth-order valence-electron chi connectivity index (χ4n) is 0.853. The third kappa shape index (κ3) is 4.62. The van der Waals surface area contributed by atoms with Gasteiger partial charge in [0.25, 0.3) is 0 Å². The van der Waals surface area contributed by atoms with E-state index in [0.29, 0.717) is 0 Å². The number of methoxy groups -OCH3 is 1. The monoisotopic (exact) mass is 195 g/mol. The van der Waals surface area contributed by atoms with Crippen LogP contribution in [0, 0.1) is 5.92 Å². The van der Waals surface area contributed by atoms with Crippen molar-refractivity contribution in [1.29, 1.82) is 0 Å². The molecule has 3 nitrogen and oxygen atoms in total. The molecule has 2 atom stereocenters. The molecule has 2 N–H and O–H groups in total. The van der Waals surface area contributed by atoms with Gasteiger partial charge in [-0.1, -0.05) is 43.9 Å². The Balaban J connectivity index is 4.12. The molecule has 0 rings (SSSR count). The van der Waals surface area contributed by atoms with Crippen LogP contribution in [0.3, 0.4) is 0 Å². The van der Waals surface area contributed by atoms with Crippen molar-refractivity contribution in [3.05, 3.63) is 37.0 Å². The molecular weight excluding hydrogens is 178 g/mol. The maximum absolute atomic E-state index is 11.0. The summed E-state index contributed by atoms with van der Waals surface area (Å²) in [5.41, 5.74) is 5.62. The average molecular weight is 195 g/mol. The van der Waals surface area contributed by atoms with Gasteiger partial charge in [-0.2, -0.15) is 0 Å². The van der Waals surface area contributed by atoms with Gasteiger partial charge in [-0.3, -0.25) is 4.79 Å². The molecule has 0 aliphatic carbocycles. The van der Waals surface area contributed by atoms with Crippen LogP contribution >= 0.6 is 0 Å². The molecule has 2 unspecified atom stereocenters. The summed E-state index contributed by atoms with van der Waals surface area (Å²) < 4.78 is 4.53. The first-order valence-electron chi connectivity index (χ1n) is 4.42. The molecule has 0 aromatic carbocycles. The van der Waals surface area contributed by atoms with Crippen LogP contribution in [0.2, 0.25) is 0 Å². The van der Waals surface area contributed by atoms with Gasteiger partial charge < -0.3 is 10.5 Å². The summed E-state index contributed by atoms with van der Waals surface area (Å²) in [5.74, 6) is -0.438. The summed E-state index contributed by atoms with van der Waals surface area (Å²) in [5, 5.41) is 0. The van der Waals surface area contributed by atoms with Crippen LogP contribution in [0.25, 0.3) is 0 Å². The topological polar surface area (TPSA) is 52.3 Å². The van der Waals surface area contributed by atoms with E-state index in [4.69, 9.17) is 5.73 Å². The van der Waals surface area contributed by atoms with Gasteiger partial charge in [-0.05, 0) is 0 Å². The number of nitrogens with two attached hydrogens (primary N) is 1. The average Bonchev–Trinajstić information content (AvgIpc) is 2.21. The van der Waals surface area contributed by atoms with E-state index in [-0.39, 0.29) is 5.92 Å². The largest absolute Gasteiger partial charge is 0.468 e. The fraction of sp³-hybridized carbons (Fsp3) is 0.364. The summed E-state index contributed by atoms with van der Waals surface area (Å²) in [4.78, 5) is 11.0. The summed E-state index contributed by atoms with van der Waals surface area (Å²) in [6.07, 6.45) is 8.98. The summed E-state index contributed by atoms with van der Waals surface area (Å²) >= 11 is 0. The van der Waals surface area contributed by atoms with E-state index in [2.05, 4.69) is 11.3 Å². The molecule has 0 aromatic rings. The minimum absolute atomic E-state index is 0.0445. The molecule has 0 saturated carbocycles. The van der Waals surface area contributed by atoms with E-state index in [1.165, 1.54) is 7.11 Å². The number of carbonyl (C=O) groups is 1. The van der Waals surface area contributed by atoms with Crippen molar-refractivity contribution in [3.63, 3.8) is 0 Å². The molecule has 0 spiro atoms. The Labute approximate surface area is 84.9 Å². The number of hydrogen-bond acceptors (Lipinski definition) is 3. The number of ether oxygens (including phenoxy) is 1. The molecule has 3 heteroatoms. The second kappa shape index (κ2) is 7.09. The minimum atomic E-state index is -0.603. The molecule has 0 amide bonds. The van der Waals surface area contributed by atoms with Crippen LogP contribution in [0.5, 0.6) is 0 Å². The van der Waals surface area contributed by atoms with Gasteiger partial charge in [0.2, 0.25) is 0 Å².